The Kier molecular flexibility index (Phi) is 5.67. The lowest BCUT2D eigenvalue weighted by atomic mass is 9.84. The maximum atomic E-state index is 13.8. The number of furan rings is 1. The van der Waals surface area contributed by atoms with Crippen molar-refractivity contribution in [2.75, 3.05) is 6.54 Å². The number of fused-ring (bicyclic) bond motifs is 2. The number of nitrogens with zero attached hydrogens (tertiary/aromatic N) is 3. The molecule has 1 fully saturated rings. The Morgan fingerprint density at radius 1 is 1.08 bits per heavy atom. The summed E-state index contributed by atoms with van der Waals surface area (Å²) in [4.78, 5) is 41.6. The molecular weight excluding hydrogens is 468 g/mol. The molecule has 2 atom stereocenters. The van der Waals surface area contributed by atoms with Gasteiger partial charge in [-0.3, -0.25) is 14.5 Å². The van der Waals surface area contributed by atoms with Crippen molar-refractivity contribution >= 4 is 23.6 Å². The van der Waals surface area contributed by atoms with Gasteiger partial charge in [-0.25, -0.2) is 9.80 Å². The van der Waals surface area contributed by atoms with Crippen LogP contribution < -0.4 is 5.32 Å². The molecule has 0 radical (unpaired) electrons. The van der Waals surface area contributed by atoms with Crippen LogP contribution in [0.15, 0.2) is 76.4 Å². The van der Waals surface area contributed by atoms with E-state index >= 15 is 0 Å². The third kappa shape index (κ3) is 3.93. The summed E-state index contributed by atoms with van der Waals surface area (Å²) in [5.41, 5.74) is 3.56. The van der Waals surface area contributed by atoms with Crippen LogP contribution in [0.2, 0.25) is 0 Å². The summed E-state index contributed by atoms with van der Waals surface area (Å²) in [6.07, 6.45) is 5.14. The van der Waals surface area contributed by atoms with Gasteiger partial charge in [0.25, 0.3) is 11.8 Å². The minimum atomic E-state index is -1.13. The molecule has 37 heavy (non-hydrogen) atoms. The molecule has 1 saturated heterocycles. The van der Waals surface area contributed by atoms with Crippen LogP contribution in [0.5, 0.6) is 0 Å². The molecule has 0 unspecified atom stereocenters. The topological polar surface area (TPSA) is 95.2 Å². The summed E-state index contributed by atoms with van der Waals surface area (Å²) in [6.45, 7) is 1.62. The van der Waals surface area contributed by atoms with Crippen LogP contribution in [-0.2, 0) is 21.5 Å². The molecule has 1 N–H and O–H groups in total. The van der Waals surface area contributed by atoms with E-state index in [-0.39, 0.29) is 5.91 Å². The smallest absolute Gasteiger partial charge is 0.325 e. The summed E-state index contributed by atoms with van der Waals surface area (Å²) in [5, 5.41) is 8.96. The zero-order valence-electron chi connectivity index (χ0n) is 20.6. The van der Waals surface area contributed by atoms with E-state index in [9.17, 15) is 14.4 Å². The summed E-state index contributed by atoms with van der Waals surface area (Å²) in [5.74, 6) is -0.215. The molecule has 0 bridgehead atoms. The summed E-state index contributed by atoms with van der Waals surface area (Å²) in [7, 11) is 0. The lowest BCUT2D eigenvalue weighted by molar-refractivity contribution is -0.140. The second kappa shape index (κ2) is 9.03. The number of amides is 4. The molecule has 1 spiro atoms. The average Bonchev–Trinajstić information content (AvgIpc) is 3.60. The fourth-order valence-corrected chi connectivity index (χ4v) is 5.69. The number of benzene rings is 2. The Morgan fingerprint density at radius 2 is 1.89 bits per heavy atom. The largest absolute Gasteiger partial charge is 0.467 e. The number of carbonyl (C=O) groups excluding carboxylic acids is 3. The summed E-state index contributed by atoms with van der Waals surface area (Å²) >= 11 is 0. The number of hydrogen-bond donors (Lipinski definition) is 1. The van der Waals surface area contributed by atoms with Gasteiger partial charge in [0, 0.05) is 6.42 Å². The Hall–Kier alpha value is -4.20. The van der Waals surface area contributed by atoms with E-state index in [0.717, 1.165) is 52.1 Å². The fourth-order valence-electron chi connectivity index (χ4n) is 5.69. The van der Waals surface area contributed by atoms with Crippen LogP contribution in [0.25, 0.3) is 0 Å². The molecule has 3 heterocycles. The molecule has 2 aliphatic heterocycles. The second-order valence-corrected chi connectivity index (χ2v) is 9.98. The number of hydrogen-bond acceptors (Lipinski definition) is 5. The van der Waals surface area contributed by atoms with Gasteiger partial charge >= 0.3 is 6.03 Å². The quantitative estimate of drug-likeness (QED) is 0.540. The molecule has 6 rings (SSSR count). The first-order chi connectivity index (χ1) is 18.0. The average molecular weight is 497 g/mol. The van der Waals surface area contributed by atoms with Gasteiger partial charge in [-0.05, 0) is 61.4 Å². The van der Waals surface area contributed by atoms with Crippen LogP contribution in [0.3, 0.4) is 0 Å². The SMILES string of the molecule is Cc1ccc(C2=NN(C(=O)CN3C(=O)N[C@]4(CCCCc5ccccc54)C3=O)[C@H](c3ccco3)C2)cc1. The van der Waals surface area contributed by atoms with E-state index in [4.69, 9.17) is 4.42 Å². The van der Waals surface area contributed by atoms with Crippen LogP contribution in [0.1, 0.15) is 59.7 Å². The van der Waals surface area contributed by atoms with E-state index in [2.05, 4.69) is 10.4 Å². The van der Waals surface area contributed by atoms with Crippen molar-refractivity contribution < 1.29 is 18.8 Å². The molecule has 8 nitrogen and oxygen atoms in total. The lowest BCUT2D eigenvalue weighted by Crippen LogP contribution is -2.45. The van der Waals surface area contributed by atoms with Crippen molar-refractivity contribution in [3.63, 3.8) is 0 Å². The molecule has 3 aliphatic rings. The third-order valence-corrected chi connectivity index (χ3v) is 7.62. The standard InChI is InChI=1S/C29H28N4O4/c1-19-11-13-21(14-12-19)23-17-24(25-10-6-16-37-25)33(31-23)26(34)18-32-27(35)29(30-28(32)36)15-5-4-8-20-7-2-3-9-22(20)29/h2-3,6-7,9-14,16,24H,4-5,8,15,17-18H2,1H3,(H,30,36)/t24-,29-/m0/s1. The van der Waals surface area contributed by atoms with Crippen LogP contribution in [0, 0.1) is 6.92 Å². The zero-order chi connectivity index (χ0) is 25.6. The first kappa shape index (κ1) is 23.2. The minimum absolute atomic E-state index is 0.378. The number of hydrazone groups is 1. The van der Waals surface area contributed by atoms with E-state index in [1.54, 1.807) is 12.3 Å². The normalized spacial score (nSPS) is 23.2. The van der Waals surface area contributed by atoms with Crippen molar-refractivity contribution in [1.82, 2.24) is 15.2 Å². The minimum Gasteiger partial charge on any atom is -0.467 e. The van der Waals surface area contributed by atoms with E-state index in [0.29, 0.717) is 18.6 Å². The second-order valence-electron chi connectivity index (χ2n) is 9.98. The highest BCUT2D eigenvalue weighted by Crippen LogP contribution is 2.39. The first-order valence-corrected chi connectivity index (χ1v) is 12.7. The van der Waals surface area contributed by atoms with Gasteiger partial charge in [0.1, 0.15) is 23.9 Å². The number of imide groups is 1. The van der Waals surface area contributed by atoms with Gasteiger partial charge in [-0.1, -0.05) is 54.1 Å². The van der Waals surface area contributed by atoms with E-state index in [1.165, 1.54) is 5.01 Å². The molecular formula is C29H28N4O4. The fraction of sp³-hybridized carbons (Fsp3) is 0.310. The third-order valence-electron chi connectivity index (χ3n) is 7.62. The van der Waals surface area contributed by atoms with Gasteiger partial charge in [-0.15, -0.1) is 0 Å². The molecule has 0 saturated carbocycles. The van der Waals surface area contributed by atoms with Crippen LogP contribution >= 0.6 is 0 Å². The Morgan fingerprint density at radius 3 is 2.68 bits per heavy atom. The highest BCUT2D eigenvalue weighted by atomic mass is 16.3. The molecule has 188 valence electrons. The molecule has 2 aromatic carbocycles. The van der Waals surface area contributed by atoms with Gasteiger partial charge in [-0.2, -0.15) is 5.10 Å². The Labute approximate surface area is 214 Å². The maximum Gasteiger partial charge on any atom is 0.325 e. The monoisotopic (exact) mass is 496 g/mol. The van der Waals surface area contributed by atoms with Crippen molar-refractivity contribution in [2.24, 2.45) is 5.10 Å². The Bertz CT molecular complexity index is 1400. The maximum absolute atomic E-state index is 13.8. The Balaban J connectivity index is 1.29. The molecule has 3 aromatic rings. The molecule has 1 aliphatic carbocycles. The first-order valence-electron chi connectivity index (χ1n) is 12.7. The van der Waals surface area contributed by atoms with Crippen molar-refractivity contribution in [1.29, 1.82) is 0 Å². The van der Waals surface area contributed by atoms with Crippen molar-refractivity contribution in [3.8, 4) is 0 Å². The highest BCUT2D eigenvalue weighted by Gasteiger charge is 2.54. The highest BCUT2D eigenvalue weighted by molar-refractivity contribution is 6.10. The van der Waals surface area contributed by atoms with E-state index < -0.39 is 30.1 Å². The number of carbonyl (C=O) groups is 3. The van der Waals surface area contributed by atoms with Crippen molar-refractivity contribution in [2.45, 2.75) is 50.6 Å². The van der Waals surface area contributed by atoms with Gasteiger partial charge in [0.2, 0.25) is 0 Å². The lowest BCUT2D eigenvalue weighted by Gasteiger charge is -2.27. The predicted octanol–water partition coefficient (Wildman–Crippen LogP) is 4.44. The van der Waals surface area contributed by atoms with Gasteiger partial charge < -0.3 is 9.73 Å². The zero-order valence-corrected chi connectivity index (χ0v) is 20.6. The molecule has 1 aromatic heterocycles. The van der Waals surface area contributed by atoms with Gasteiger partial charge in [0.05, 0.1) is 12.0 Å². The predicted molar refractivity (Wildman–Crippen MR) is 137 cm³/mol. The summed E-state index contributed by atoms with van der Waals surface area (Å²) in [6, 6.07) is 18.3. The number of rotatable bonds is 4. The number of aryl methyl sites for hydroxylation is 2. The summed E-state index contributed by atoms with van der Waals surface area (Å²) < 4.78 is 5.63. The molecule has 8 heteroatoms. The molecule has 4 amide bonds. The van der Waals surface area contributed by atoms with Crippen molar-refractivity contribution in [3.05, 3.63) is 94.9 Å². The number of urea groups is 1. The van der Waals surface area contributed by atoms with Crippen LogP contribution in [-0.4, -0.2) is 40.0 Å². The van der Waals surface area contributed by atoms with E-state index in [1.807, 2.05) is 61.5 Å². The van der Waals surface area contributed by atoms with Crippen LogP contribution in [0.4, 0.5) is 4.79 Å². The number of nitrogens with one attached hydrogen (secondary N) is 1. The van der Waals surface area contributed by atoms with Gasteiger partial charge in [0.15, 0.2) is 0 Å².